The van der Waals surface area contributed by atoms with E-state index in [4.69, 9.17) is 23.4 Å². The van der Waals surface area contributed by atoms with Gasteiger partial charge in [-0.2, -0.15) is 0 Å². The highest BCUT2D eigenvalue weighted by Crippen LogP contribution is 2.15. The first kappa shape index (κ1) is 23.5. The quantitative estimate of drug-likeness (QED) is 0.411. The molecule has 0 aromatic carbocycles. The predicted octanol–water partition coefficient (Wildman–Crippen LogP) is 1.20. The van der Waals surface area contributed by atoms with Crippen LogP contribution in [-0.2, 0) is 17.7 Å². The van der Waals surface area contributed by atoms with Crippen LogP contribution in [0.3, 0.4) is 0 Å². The molecular weight excluding hydrogens is 304 g/mol. The second-order valence-corrected chi connectivity index (χ2v) is 10.1. The molecule has 6 nitrogen and oxygen atoms in total. The molecule has 8 heteroatoms. The lowest BCUT2D eigenvalue weighted by Gasteiger charge is -2.25. The van der Waals surface area contributed by atoms with E-state index in [0.29, 0.717) is 6.54 Å². The SMILES string of the molecule is CCO[Si](C)(CCCNCCN)OCC.CO[SiH](C)OC. The smallest absolute Gasteiger partial charge is 0.334 e. The Labute approximate surface area is 133 Å². The normalized spacial score (nSPS) is 11.4. The number of rotatable bonds is 12. The van der Waals surface area contributed by atoms with Gasteiger partial charge in [0, 0.05) is 40.5 Å². The summed E-state index contributed by atoms with van der Waals surface area (Å²) in [5.41, 5.74) is 5.39. The van der Waals surface area contributed by atoms with E-state index in [2.05, 4.69) is 11.9 Å². The molecule has 0 spiro atoms. The fourth-order valence-corrected chi connectivity index (χ4v) is 4.26. The van der Waals surface area contributed by atoms with Crippen LogP contribution >= 0.6 is 0 Å². The summed E-state index contributed by atoms with van der Waals surface area (Å²) in [6.07, 6.45) is 1.10. The Morgan fingerprint density at radius 2 is 1.57 bits per heavy atom. The van der Waals surface area contributed by atoms with Gasteiger partial charge in [0.15, 0.2) is 0 Å². The van der Waals surface area contributed by atoms with Crippen LogP contribution < -0.4 is 11.1 Å². The van der Waals surface area contributed by atoms with Crippen molar-refractivity contribution in [2.75, 3.05) is 47.1 Å². The standard InChI is InChI=1S/C10H26N2O2Si.C3H10O2Si/c1-4-13-15(3,14-5-2)10-6-8-12-9-7-11;1-4-6(3)5-2/h12H,4-11H2,1-3H3;6H,1-3H3. The van der Waals surface area contributed by atoms with Crippen LogP contribution in [0.15, 0.2) is 0 Å². The third-order valence-corrected chi connectivity index (χ3v) is 7.26. The fraction of sp³-hybridized carbons (Fsp3) is 1.00. The molecule has 0 aliphatic heterocycles. The Balaban J connectivity index is 0. The zero-order valence-corrected chi connectivity index (χ0v) is 16.9. The van der Waals surface area contributed by atoms with Gasteiger partial charge in [-0.3, -0.25) is 0 Å². The van der Waals surface area contributed by atoms with Crippen molar-refractivity contribution < 1.29 is 17.7 Å². The Hall–Kier alpha value is 0.194. The van der Waals surface area contributed by atoms with Gasteiger partial charge in [-0.05, 0) is 46.0 Å². The molecule has 0 heterocycles. The Kier molecular flexibility index (Phi) is 18.5. The van der Waals surface area contributed by atoms with Gasteiger partial charge in [-0.1, -0.05) is 0 Å². The van der Waals surface area contributed by atoms with Crippen molar-refractivity contribution >= 4 is 17.8 Å². The van der Waals surface area contributed by atoms with Crippen LogP contribution in [0.4, 0.5) is 0 Å². The molecule has 0 aromatic rings. The Bertz CT molecular complexity index is 205. The molecule has 21 heavy (non-hydrogen) atoms. The monoisotopic (exact) mass is 340 g/mol. The van der Waals surface area contributed by atoms with Crippen LogP contribution in [-0.4, -0.2) is 64.9 Å². The molecular formula is C13H36N2O4Si2. The van der Waals surface area contributed by atoms with Crippen LogP contribution in [0.5, 0.6) is 0 Å². The Morgan fingerprint density at radius 1 is 1.05 bits per heavy atom. The number of nitrogens with two attached hydrogens (primary N) is 1. The molecule has 0 aromatic heterocycles. The zero-order valence-electron chi connectivity index (χ0n) is 14.7. The second-order valence-electron chi connectivity index (χ2n) is 4.68. The van der Waals surface area contributed by atoms with E-state index in [1.54, 1.807) is 14.2 Å². The highest BCUT2D eigenvalue weighted by Gasteiger charge is 2.29. The molecule has 0 saturated carbocycles. The van der Waals surface area contributed by atoms with Gasteiger partial charge in [0.2, 0.25) is 0 Å². The molecule has 0 radical (unpaired) electrons. The minimum Gasteiger partial charge on any atom is -0.400 e. The van der Waals surface area contributed by atoms with Crippen LogP contribution in [0, 0.1) is 0 Å². The second kappa shape index (κ2) is 16.6. The van der Waals surface area contributed by atoms with Crippen molar-refractivity contribution in [3.05, 3.63) is 0 Å². The maximum absolute atomic E-state index is 5.74. The Morgan fingerprint density at radius 3 is 1.90 bits per heavy atom. The summed E-state index contributed by atoms with van der Waals surface area (Å²) in [7, 11) is 0.293. The average molecular weight is 341 g/mol. The number of hydrogen-bond donors (Lipinski definition) is 2. The lowest BCUT2D eigenvalue weighted by atomic mass is 10.5. The van der Waals surface area contributed by atoms with E-state index in [1.807, 2.05) is 20.4 Å². The summed E-state index contributed by atoms with van der Waals surface area (Å²) in [6, 6.07) is 1.05. The zero-order chi connectivity index (χ0) is 16.6. The summed E-state index contributed by atoms with van der Waals surface area (Å²) in [5.74, 6) is 0. The predicted molar refractivity (Wildman–Crippen MR) is 93.2 cm³/mol. The largest absolute Gasteiger partial charge is 0.400 e. The minimum absolute atomic E-state index is 0.700. The van der Waals surface area contributed by atoms with E-state index in [0.717, 1.165) is 38.8 Å². The molecule has 0 saturated heterocycles. The molecule has 0 bridgehead atoms. The molecule has 0 unspecified atom stereocenters. The van der Waals surface area contributed by atoms with Crippen LogP contribution in [0.2, 0.25) is 19.1 Å². The third kappa shape index (κ3) is 16.4. The van der Waals surface area contributed by atoms with Gasteiger partial charge in [0.25, 0.3) is 0 Å². The molecule has 3 N–H and O–H groups in total. The van der Waals surface area contributed by atoms with Gasteiger partial charge < -0.3 is 28.8 Å². The van der Waals surface area contributed by atoms with Crippen molar-refractivity contribution in [3.8, 4) is 0 Å². The maximum atomic E-state index is 5.74. The molecule has 0 aliphatic carbocycles. The number of hydrogen-bond acceptors (Lipinski definition) is 6. The van der Waals surface area contributed by atoms with E-state index in [1.165, 1.54) is 0 Å². The van der Waals surface area contributed by atoms with Crippen molar-refractivity contribution in [1.29, 1.82) is 0 Å². The van der Waals surface area contributed by atoms with Gasteiger partial charge in [-0.15, -0.1) is 0 Å². The summed E-state index contributed by atoms with van der Waals surface area (Å²) < 4.78 is 21.1. The third-order valence-electron chi connectivity index (χ3n) is 2.87. The molecule has 0 rings (SSSR count). The highest BCUT2D eigenvalue weighted by atomic mass is 28.4. The lowest BCUT2D eigenvalue weighted by molar-refractivity contribution is 0.188. The minimum atomic E-state index is -1.88. The van der Waals surface area contributed by atoms with Gasteiger partial charge in [-0.25, -0.2) is 0 Å². The van der Waals surface area contributed by atoms with E-state index < -0.39 is 17.8 Å². The van der Waals surface area contributed by atoms with Crippen LogP contribution in [0.25, 0.3) is 0 Å². The first-order chi connectivity index (χ1) is 9.99. The van der Waals surface area contributed by atoms with Gasteiger partial charge in [0.05, 0.1) is 0 Å². The molecule has 0 aliphatic rings. The van der Waals surface area contributed by atoms with Crippen molar-refractivity contribution in [3.63, 3.8) is 0 Å². The van der Waals surface area contributed by atoms with Crippen molar-refractivity contribution in [2.45, 2.75) is 39.4 Å². The maximum Gasteiger partial charge on any atom is 0.334 e. The molecule has 130 valence electrons. The van der Waals surface area contributed by atoms with E-state index in [-0.39, 0.29) is 0 Å². The molecule has 0 amide bonds. The topological polar surface area (TPSA) is 75.0 Å². The molecule has 0 atom stereocenters. The first-order valence-electron chi connectivity index (χ1n) is 7.73. The van der Waals surface area contributed by atoms with Gasteiger partial charge in [0.1, 0.15) is 0 Å². The lowest BCUT2D eigenvalue weighted by Crippen LogP contribution is -2.39. The van der Waals surface area contributed by atoms with Crippen LogP contribution in [0.1, 0.15) is 20.3 Å². The summed E-state index contributed by atoms with van der Waals surface area (Å²) in [6.45, 7) is 12.3. The summed E-state index contributed by atoms with van der Waals surface area (Å²) in [4.78, 5) is 0. The molecule has 0 fully saturated rings. The first-order valence-corrected chi connectivity index (χ1v) is 12.4. The highest BCUT2D eigenvalue weighted by molar-refractivity contribution is 6.66. The van der Waals surface area contributed by atoms with E-state index in [9.17, 15) is 0 Å². The summed E-state index contributed by atoms with van der Waals surface area (Å²) >= 11 is 0. The van der Waals surface area contributed by atoms with Gasteiger partial charge >= 0.3 is 17.8 Å². The fourth-order valence-electron chi connectivity index (χ4n) is 1.65. The number of nitrogens with one attached hydrogen (secondary N) is 1. The van der Waals surface area contributed by atoms with E-state index >= 15 is 0 Å². The van der Waals surface area contributed by atoms with Crippen molar-refractivity contribution in [2.24, 2.45) is 5.73 Å². The van der Waals surface area contributed by atoms with Crippen molar-refractivity contribution in [1.82, 2.24) is 5.32 Å². The average Bonchev–Trinajstić information content (AvgIpc) is 2.47. The summed E-state index contributed by atoms with van der Waals surface area (Å²) in [5, 5.41) is 3.28.